The number of methoxy groups -OCH3 is 1. The van der Waals surface area contributed by atoms with E-state index in [0.29, 0.717) is 26.4 Å². The van der Waals surface area contributed by atoms with Crippen molar-refractivity contribution in [1.29, 1.82) is 0 Å². The Labute approximate surface area is 87.8 Å². The van der Waals surface area contributed by atoms with Gasteiger partial charge >= 0.3 is 0 Å². The van der Waals surface area contributed by atoms with Crippen LogP contribution in [-0.2, 0) is 14.2 Å². The highest BCUT2D eigenvalue weighted by Gasteiger charge is 2.12. The third-order valence-electron chi connectivity index (χ3n) is 1.94. The van der Waals surface area contributed by atoms with E-state index >= 15 is 0 Å². The number of hydrogen-bond acceptors (Lipinski definition) is 4. The van der Waals surface area contributed by atoms with Gasteiger partial charge in [-0.25, -0.2) is 0 Å². The van der Waals surface area contributed by atoms with Gasteiger partial charge in [-0.05, 0) is 0 Å². The molecule has 0 heterocycles. The van der Waals surface area contributed by atoms with Crippen LogP contribution in [0.15, 0.2) is 0 Å². The molecule has 0 spiro atoms. The van der Waals surface area contributed by atoms with Gasteiger partial charge in [-0.15, -0.1) is 0 Å². The summed E-state index contributed by atoms with van der Waals surface area (Å²) in [6.07, 6.45) is 0. The van der Waals surface area contributed by atoms with E-state index < -0.39 is 8.80 Å². The second-order valence-corrected chi connectivity index (χ2v) is 6.66. The zero-order valence-corrected chi connectivity index (χ0v) is 10.5. The van der Waals surface area contributed by atoms with Crippen molar-refractivity contribution in [2.24, 2.45) is 0 Å². The van der Waals surface area contributed by atoms with Crippen molar-refractivity contribution in [2.45, 2.75) is 18.8 Å². The molecule has 5 heteroatoms. The van der Waals surface area contributed by atoms with E-state index in [1.54, 1.807) is 7.11 Å². The van der Waals surface area contributed by atoms with Crippen LogP contribution >= 0.6 is 0 Å². The Morgan fingerprint density at radius 2 is 1.79 bits per heavy atom. The molecular formula is C9H22O4Si. The van der Waals surface area contributed by atoms with Gasteiger partial charge in [0.25, 0.3) is 0 Å². The first-order chi connectivity index (χ1) is 6.72. The van der Waals surface area contributed by atoms with Crippen molar-refractivity contribution in [3.8, 4) is 0 Å². The van der Waals surface area contributed by atoms with Crippen LogP contribution in [0.3, 0.4) is 0 Å². The molecule has 0 amide bonds. The van der Waals surface area contributed by atoms with Crippen molar-refractivity contribution < 1.29 is 19.3 Å². The van der Waals surface area contributed by atoms with Crippen molar-refractivity contribution in [2.75, 3.05) is 40.1 Å². The van der Waals surface area contributed by atoms with E-state index in [1.807, 2.05) is 0 Å². The number of ether oxygens (including phenoxy) is 3. The second-order valence-electron chi connectivity index (χ2n) is 3.43. The maximum absolute atomic E-state index is 8.44. The quantitative estimate of drug-likeness (QED) is 0.442. The summed E-state index contributed by atoms with van der Waals surface area (Å²) in [4.78, 5) is 0. The summed E-state index contributed by atoms with van der Waals surface area (Å²) >= 11 is 0. The van der Waals surface area contributed by atoms with Crippen LogP contribution in [0.25, 0.3) is 0 Å². The first kappa shape index (κ1) is 14.1. The molecule has 14 heavy (non-hydrogen) atoms. The summed E-state index contributed by atoms with van der Waals surface area (Å²) in [6.45, 7) is 6.69. The van der Waals surface area contributed by atoms with Crippen LogP contribution < -0.4 is 0 Å². The summed E-state index contributed by atoms with van der Waals surface area (Å²) in [6, 6.07) is 0. The molecule has 0 aromatic rings. The van der Waals surface area contributed by atoms with Crippen molar-refractivity contribution in [3.63, 3.8) is 0 Å². The lowest BCUT2D eigenvalue weighted by molar-refractivity contribution is 0.00467. The van der Waals surface area contributed by atoms with Gasteiger partial charge in [0.15, 0.2) is 0 Å². The highest BCUT2D eigenvalue weighted by atomic mass is 28.3. The Morgan fingerprint density at radius 1 is 1.14 bits per heavy atom. The fraction of sp³-hybridized carbons (Fsp3) is 1.00. The topological polar surface area (TPSA) is 47.9 Å². The zero-order valence-electron chi connectivity index (χ0n) is 9.36. The lowest BCUT2D eigenvalue weighted by Gasteiger charge is -2.18. The molecular weight excluding hydrogens is 200 g/mol. The molecule has 0 aromatic carbocycles. The van der Waals surface area contributed by atoms with Gasteiger partial charge in [-0.2, -0.15) is 0 Å². The van der Waals surface area contributed by atoms with E-state index in [0.717, 1.165) is 0 Å². The standard InChI is InChI=1S/C9H22O4Si/c1-11-9(14(2)3)8-13-7-6-12-5-4-10/h9-10,14H,4-8H2,1-3H3. The molecule has 1 N–H and O–H groups in total. The van der Waals surface area contributed by atoms with Gasteiger partial charge in [0.05, 0.1) is 47.6 Å². The predicted molar refractivity (Wildman–Crippen MR) is 58.4 cm³/mol. The molecule has 0 saturated heterocycles. The molecule has 0 aromatic heterocycles. The number of hydrogen-bond donors (Lipinski definition) is 1. The van der Waals surface area contributed by atoms with E-state index in [9.17, 15) is 0 Å². The van der Waals surface area contributed by atoms with Gasteiger partial charge in [0, 0.05) is 7.11 Å². The third-order valence-corrected chi connectivity index (χ3v) is 3.89. The zero-order chi connectivity index (χ0) is 10.8. The molecule has 1 atom stereocenters. The van der Waals surface area contributed by atoms with Crippen LogP contribution in [0.2, 0.25) is 13.1 Å². The Balaban J connectivity index is 3.25. The fourth-order valence-corrected chi connectivity index (χ4v) is 2.08. The lowest BCUT2D eigenvalue weighted by atomic mass is 10.7. The first-order valence-electron chi connectivity index (χ1n) is 5.01. The molecule has 0 aliphatic heterocycles. The molecule has 0 aliphatic carbocycles. The Kier molecular flexibility index (Phi) is 9.64. The lowest BCUT2D eigenvalue weighted by Crippen LogP contribution is -2.32. The average molecular weight is 222 g/mol. The molecule has 0 aliphatic rings. The van der Waals surface area contributed by atoms with Crippen LogP contribution in [0.4, 0.5) is 0 Å². The minimum absolute atomic E-state index is 0.0691. The molecule has 4 nitrogen and oxygen atoms in total. The fourth-order valence-electron chi connectivity index (χ4n) is 1.02. The molecule has 0 rings (SSSR count). The highest BCUT2D eigenvalue weighted by Crippen LogP contribution is 1.97. The van der Waals surface area contributed by atoms with Crippen LogP contribution in [0.5, 0.6) is 0 Å². The molecule has 1 unspecified atom stereocenters. The summed E-state index contributed by atoms with van der Waals surface area (Å²) in [5.41, 5.74) is 0.285. The molecule has 0 radical (unpaired) electrons. The summed E-state index contributed by atoms with van der Waals surface area (Å²) < 4.78 is 15.7. The second kappa shape index (κ2) is 9.61. The molecule has 86 valence electrons. The van der Waals surface area contributed by atoms with Gasteiger partial charge < -0.3 is 19.3 Å². The minimum atomic E-state index is -0.778. The van der Waals surface area contributed by atoms with Gasteiger partial charge in [0.2, 0.25) is 0 Å². The Bertz CT molecular complexity index is 121. The van der Waals surface area contributed by atoms with Gasteiger partial charge in [-0.1, -0.05) is 13.1 Å². The van der Waals surface area contributed by atoms with E-state index in [-0.39, 0.29) is 12.3 Å². The number of aliphatic hydroxyl groups excluding tert-OH is 1. The van der Waals surface area contributed by atoms with Gasteiger partial charge in [0.1, 0.15) is 0 Å². The van der Waals surface area contributed by atoms with Crippen LogP contribution in [0.1, 0.15) is 0 Å². The average Bonchev–Trinajstić information content (AvgIpc) is 2.16. The molecule has 0 bridgehead atoms. The number of rotatable bonds is 9. The highest BCUT2D eigenvalue weighted by molar-refractivity contribution is 6.57. The smallest absolute Gasteiger partial charge is 0.0701 e. The Hall–Kier alpha value is 0.0569. The van der Waals surface area contributed by atoms with Crippen molar-refractivity contribution in [1.82, 2.24) is 0 Å². The minimum Gasteiger partial charge on any atom is -0.394 e. The maximum atomic E-state index is 8.44. The van der Waals surface area contributed by atoms with Crippen molar-refractivity contribution >= 4 is 8.80 Å². The normalized spacial score (nSPS) is 13.5. The van der Waals surface area contributed by atoms with Crippen molar-refractivity contribution in [3.05, 3.63) is 0 Å². The predicted octanol–water partition coefficient (Wildman–Crippen LogP) is 0.0528. The third kappa shape index (κ3) is 7.46. The summed E-state index contributed by atoms with van der Waals surface area (Å²) in [7, 11) is 0.947. The summed E-state index contributed by atoms with van der Waals surface area (Å²) in [5.74, 6) is 0. The molecule has 0 saturated carbocycles. The summed E-state index contributed by atoms with van der Waals surface area (Å²) in [5, 5.41) is 8.44. The SMILES string of the molecule is COC(COCCOCCO)[SiH](C)C. The van der Waals surface area contributed by atoms with Crippen LogP contribution in [-0.4, -0.2) is 59.8 Å². The largest absolute Gasteiger partial charge is 0.394 e. The maximum Gasteiger partial charge on any atom is 0.0701 e. The van der Waals surface area contributed by atoms with E-state index in [1.165, 1.54) is 0 Å². The molecule has 0 fully saturated rings. The van der Waals surface area contributed by atoms with Gasteiger partial charge in [-0.3, -0.25) is 0 Å². The van der Waals surface area contributed by atoms with E-state index in [4.69, 9.17) is 19.3 Å². The Morgan fingerprint density at radius 3 is 2.29 bits per heavy atom. The first-order valence-corrected chi connectivity index (χ1v) is 7.99. The van der Waals surface area contributed by atoms with E-state index in [2.05, 4.69) is 13.1 Å². The monoisotopic (exact) mass is 222 g/mol. The van der Waals surface area contributed by atoms with Crippen LogP contribution in [0, 0.1) is 0 Å². The number of aliphatic hydroxyl groups is 1.